The summed E-state index contributed by atoms with van der Waals surface area (Å²) in [4.78, 5) is 1.22. The van der Waals surface area contributed by atoms with E-state index in [0.717, 1.165) is 5.39 Å². The maximum Gasteiger partial charge on any atom is 0.208 e. The molecule has 0 saturated carbocycles. The summed E-state index contributed by atoms with van der Waals surface area (Å²) in [5, 5.41) is 105. The van der Waals surface area contributed by atoms with Crippen LogP contribution in [0.3, 0.4) is 0 Å². The molecule has 10 N–H and O–H groups in total. The highest BCUT2D eigenvalue weighted by atomic mass is 79.9. The Morgan fingerprint density at radius 3 is 1.63 bits per heavy atom. The summed E-state index contributed by atoms with van der Waals surface area (Å²) in [7, 11) is 0. The topological polar surface area (TPSA) is 219 Å². The molecule has 0 unspecified atom stereocenters. The molecule has 0 amide bonds. The molecule has 13 heteroatoms. The summed E-state index contributed by atoms with van der Waals surface area (Å²) < 4.78 is 6.68. The van der Waals surface area contributed by atoms with Gasteiger partial charge in [0.25, 0.3) is 0 Å². The number of fused-ring (bicyclic) bond motifs is 3. The summed E-state index contributed by atoms with van der Waals surface area (Å²) >= 11 is 3.47. The number of furan rings is 1. The first-order chi connectivity index (χ1) is 20.4. The molecule has 0 radical (unpaired) electrons. The van der Waals surface area contributed by atoms with Crippen LogP contribution in [0.15, 0.2) is 69.6 Å². The molecule has 0 atom stereocenters. The number of para-hydroxylation sites is 1. The van der Waals surface area contributed by atoms with Crippen LogP contribution in [0.4, 0.5) is 17.1 Å². The molecule has 0 aliphatic heterocycles. The normalized spacial score (nSPS) is 11.4. The lowest BCUT2D eigenvalue weighted by Crippen LogP contribution is -2.11. The van der Waals surface area contributed by atoms with E-state index in [9.17, 15) is 51.1 Å². The van der Waals surface area contributed by atoms with Crippen molar-refractivity contribution in [3.63, 3.8) is 0 Å². The first kappa shape index (κ1) is 27.4. The molecule has 0 fully saturated rings. The maximum absolute atomic E-state index is 10.9. The first-order valence-electron chi connectivity index (χ1n) is 12.3. The van der Waals surface area contributed by atoms with Crippen LogP contribution in [0, 0.1) is 0 Å². The third-order valence-electron chi connectivity index (χ3n) is 7.02. The predicted molar refractivity (Wildman–Crippen MR) is 158 cm³/mol. The molecule has 6 aromatic rings. The Hall–Kier alpha value is -5.82. The van der Waals surface area contributed by atoms with Crippen molar-refractivity contribution < 1.29 is 55.5 Å². The number of rotatable bonds is 4. The van der Waals surface area contributed by atoms with Crippen LogP contribution in [0.1, 0.15) is 0 Å². The largest absolute Gasteiger partial charge is 0.504 e. The van der Waals surface area contributed by atoms with Gasteiger partial charge >= 0.3 is 0 Å². The zero-order valence-electron chi connectivity index (χ0n) is 21.5. The summed E-state index contributed by atoms with van der Waals surface area (Å²) in [5.41, 5.74) is 0.193. The minimum absolute atomic E-state index is 0.0530. The van der Waals surface area contributed by atoms with E-state index in [4.69, 9.17) is 4.42 Å². The summed E-state index contributed by atoms with van der Waals surface area (Å²) in [6, 6.07) is 15.9. The molecule has 43 heavy (non-hydrogen) atoms. The van der Waals surface area contributed by atoms with Gasteiger partial charge in [0.2, 0.25) is 34.5 Å². The second kappa shape index (κ2) is 9.63. The van der Waals surface area contributed by atoms with Crippen molar-refractivity contribution in [2.45, 2.75) is 0 Å². The van der Waals surface area contributed by atoms with Crippen LogP contribution in [0.5, 0.6) is 57.5 Å². The van der Waals surface area contributed by atoms with Gasteiger partial charge in [0.05, 0.1) is 11.3 Å². The minimum Gasteiger partial charge on any atom is -0.504 e. The number of phenolic OH excluding ortho intramolecular Hbond substituents is 10. The second-order valence-corrected chi connectivity index (χ2v) is 10.4. The van der Waals surface area contributed by atoms with Gasteiger partial charge < -0.3 is 60.4 Å². The predicted octanol–water partition coefficient (Wildman–Crippen LogP) is 6.54. The molecular weight excluding hydrogens is 630 g/mol. The average molecular weight is 650 g/mol. The zero-order valence-corrected chi connectivity index (χ0v) is 23.1. The van der Waals surface area contributed by atoms with E-state index >= 15 is 0 Å². The van der Waals surface area contributed by atoms with Gasteiger partial charge in [-0.05, 0) is 35.9 Å². The van der Waals surface area contributed by atoms with Crippen LogP contribution < -0.4 is 4.90 Å². The van der Waals surface area contributed by atoms with Crippen LogP contribution in [0.2, 0.25) is 0 Å². The van der Waals surface area contributed by atoms with Gasteiger partial charge in [0.1, 0.15) is 11.3 Å². The Balaban J connectivity index is 1.65. The maximum atomic E-state index is 10.9. The van der Waals surface area contributed by atoms with Gasteiger partial charge in [0, 0.05) is 20.9 Å². The molecule has 6 rings (SSSR count). The monoisotopic (exact) mass is 649 g/mol. The lowest BCUT2D eigenvalue weighted by atomic mass is 10.0. The fraction of sp³-hybridized carbons (Fsp3) is 0. The second-order valence-electron chi connectivity index (χ2n) is 9.49. The van der Waals surface area contributed by atoms with Crippen LogP contribution >= 0.6 is 15.9 Å². The van der Waals surface area contributed by atoms with E-state index in [1.165, 1.54) is 29.2 Å². The Morgan fingerprint density at radius 1 is 0.535 bits per heavy atom. The third kappa shape index (κ3) is 3.97. The zero-order chi connectivity index (χ0) is 30.9. The van der Waals surface area contributed by atoms with Gasteiger partial charge in [-0.2, -0.15) is 0 Å². The van der Waals surface area contributed by atoms with Crippen molar-refractivity contribution in [3.05, 3.63) is 65.1 Å². The van der Waals surface area contributed by atoms with Crippen molar-refractivity contribution in [3.8, 4) is 68.6 Å². The number of halogens is 1. The first-order valence-corrected chi connectivity index (χ1v) is 13.1. The van der Waals surface area contributed by atoms with Gasteiger partial charge in [-0.3, -0.25) is 0 Å². The summed E-state index contributed by atoms with van der Waals surface area (Å²) in [6.45, 7) is 0. The molecule has 1 aromatic heterocycles. The fourth-order valence-electron chi connectivity index (χ4n) is 4.95. The molecule has 0 aliphatic carbocycles. The molecule has 12 nitrogen and oxygen atoms in total. The van der Waals surface area contributed by atoms with E-state index < -0.39 is 68.7 Å². The van der Waals surface area contributed by atoms with Crippen LogP contribution in [-0.4, -0.2) is 51.1 Å². The van der Waals surface area contributed by atoms with Crippen molar-refractivity contribution in [2.75, 3.05) is 4.90 Å². The fourth-order valence-corrected chi connectivity index (χ4v) is 5.40. The molecule has 0 spiro atoms. The average Bonchev–Trinajstić information content (AvgIpc) is 3.38. The van der Waals surface area contributed by atoms with Gasteiger partial charge in [-0.15, -0.1) is 0 Å². The van der Waals surface area contributed by atoms with E-state index in [1.807, 2.05) is 12.1 Å². The van der Waals surface area contributed by atoms with Crippen molar-refractivity contribution >= 4 is 54.9 Å². The van der Waals surface area contributed by atoms with Crippen molar-refractivity contribution in [2.24, 2.45) is 0 Å². The molecule has 1 heterocycles. The number of hydrogen-bond acceptors (Lipinski definition) is 12. The number of hydrogen-bond donors (Lipinski definition) is 10. The number of anilines is 3. The van der Waals surface area contributed by atoms with Crippen molar-refractivity contribution in [1.29, 1.82) is 0 Å². The quantitative estimate of drug-likeness (QED) is 0.0726. The standard InChI is InChI=1S/C30H20BrNO11/c31-12-9-15-14-3-1-2-4-17(14)43-30(15)16(10-12)32(19-22(35)26(39)29(42)27(40)23(19)36)13-7-5-11(6-8-13)18-20(33)24(37)28(41)25(38)21(18)34/h1-10,33-42H. The lowest BCUT2D eigenvalue weighted by Gasteiger charge is -2.28. The van der Waals surface area contributed by atoms with E-state index in [-0.39, 0.29) is 22.5 Å². The van der Waals surface area contributed by atoms with Crippen molar-refractivity contribution in [1.82, 2.24) is 0 Å². The molecular formula is C30H20BrNO11. The van der Waals surface area contributed by atoms with E-state index in [1.54, 1.807) is 24.3 Å². The smallest absolute Gasteiger partial charge is 0.208 e. The summed E-state index contributed by atoms with van der Waals surface area (Å²) in [6.07, 6.45) is 0. The van der Waals surface area contributed by atoms with E-state index in [0.29, 0.717) is 15.4 Å². The lowest BCUT2D eigenvalue weighted by molar-refractivity contribution is 0.329. The summed E-state index contributed by atoms with van der Waals surface area (Å²) in [5.74, 6) is -10.5. The molecule has 218 valence electrons. The number of phenols is 10. The Labute approximate surface area is 248 Å². The number of aromatic hydroxyl groups is 10. The number of nitrogens with zero attached hydrogens (tertiary/aromatic N) is 1. The van der Waals surface area contributed by atoms with Crippen LogP contribution in [-0.2, 0) is 0 Å². The third-order valence-corrected chi connectivity index (χ3v) is 7.48. The van der Waals surface area contributed by atoms with Crippen LogP contribution in [0.25, 0.3) is 33.1 Å². The molecule has 0 aliphatic rings. The van der Waals surface area contributed by atoms with Gasteiger partial charge in [0.15, 0.2) is 28.6 Å². The minimum atomic E-state index is -1.16. The molecule has 0 bridgehead atoms. The number of benzene rings is 5. The Morgan fingerprint density at radius 2 is 1.05 bits per heavy atom. The molecule has 0 saturated heterocycles. The molecule has 5 aromatic carbocycles. The van der Waals surface area contributed by atoms with Gasteiger partial charge in [-0.1, -0.05) is 46.3 Å². The highest BCUT2D eigenvalue weighted by molar-refractivity contribution is 9.10. The SMILES string of the molecule is Oc1c(O)c(O)c(-c2ccc(N(c3c(O)c(O)c(O)c(O)c3O)c3cc(Br)cc4c3oc3ccccc34)cc2)c(O)c1O. The van der Waals surface area contributed by atoms with Gasteiger partial charge in [-0.25, -0.2) is 0 Å². The Bertz CT molecular complexity index is 2050. The highest BCUT2D eigenvalue weighted by Gasteiger charge is 2.31. The highest BCUT2D eigenvalue weighted by Crippen LogP contribution is 2.59. The Kier molecular flexibility index (Phi) is 6.13. The van der Waals surface area contributed by atoms with E-state index in [2.05, 4.69) is 15.9 Å².